The van der Waals surface area contributed by atoms with Crippen molar-refractivity contribution in [3.8, 4) is 5.88 Å². The van der Waals surface area contributed by atoms with Gasteiger partial charge in [-0.3, -0.25) is 10.1 Å². The lowest BCUT2D eigenvalue weighted by Gasteiger charge is -2.20. The molecule has 0 aliphatic heterocycles. The fourth-order valence-corrected chi connectivity index (χ4v) is 3.23. The number of halogens is 1. The molecule has 5 N–H and O–H groups in total. The van der Waals surface area contributed by atoms with E-state index in [1.165, 1.54) is 6.07 Å². The van der Waals surface area contributed by atoms with Crippen molar-refractivity contribution >= 4 is 28.5 Å². The summed E-state index contributed by atoms with van der Waals surface area (Å²) in [6.45, 7) is 9.06. The van der Waals surface area contributed by atoms with Crippen LogP contribution in [0.15, 0.2) is 18.2 Å². The number of primary amides is 1. The molecule has 164 valence electrons. The van der Waals surface area contributed by atoms with E-state index in [0.29, 0.717) is 12.1 Å². The second-order valence-electron chi connectivity index (χ2n) is 7.85. The van der Waals surface area contributed by atoms with E-state index in [1.54, 1.807) is 19.1 Å². The van der Waals surface area contributed by atoms with Crippen molar-refractivity contribution in [2.75, 3.05) is 18.4 Å². The highest BCUT2D eigenvalue weighted by molar-refractivity contribution is 7.11. The van der Waals surface area contributed by atoms with Crippen molar-refractivity contribution in [1.29, 1.82) is 0 Å². The van der Waals surface area contributed by atoms with Gasteiger partial charge in [0.25, 0.3) is 5.91 Å². The molecule has 0 saturated heterocycles. The number of urea groups is 1. The molecule has 1 aromatic heterocycles. The number of aromatic nitrogens is 1. The Morgan fingerprint density at radius 1 is 1.27 bits per heavy atom. The molecule has 0 atom stereocenters. The number of nitrogens with zero attached hydrogens (tertiary/aromatic N) is 1. The van der Waals surface area contributed by atoms with Gasteiger partial charge in [0.1, 0.15) is 23.0 Å². The van der Waals surface area contributed by atoms with Gasteiger partial charge in [-0.2, -0.15) is 4.37 Å². The maximum Gasteiger partial charge on any atom is 0.319 e. The molecule has 3 amide bonds. The average Bonchev–Trinajstić information content (AvgIpc) is 3.02. The van der Waals surface area contributed by atoms with Gasteiger partial charge >= 0.3 is 6.03 Å². The first-order chi connectivity index (χ1) is 14.1. The zero-order valence-corrected chi connectivity index (χ0v) is 18.4. The normalized spacial score (nSPS) is 11.2. The molecule has 0 saturated carbocycles. The average molecular weight is 438 g/mol. The number of anilines is 1. The molecule has 10 heteroatoms. The Morgan fingerprint density at radius 2 is 2.00 bits per heavy atom. The number of carbonyl (C=O) groups excluding carboxylic acids is 2. The van der Waals surface area contributed by atoms with Crippen molar-refractivity contribution in [2.45, 2.75) is 46.3 Å². The number of hydrogen-bond acceptors (Lipinski definition) is 6. The summed E-state index contributed by atoms with van der Waals surface area (Å²) in [6, 6.07) is 4.27. The van der Waals surface area contributed by atoms with E-state index in [0.717, 1.165) is 30.1 Å². The van der Waals surface area contributed by atoms with Crippen molar-refractivity contribution in [1.82, 2.24) is 15.0 Å². The van der Waals surface area contributed by atoms with Crippen LogP contribution in [0.3, 0.4) is 0 Å². The quantitative estimate of drug-likeness (QED) is 0.450. The highest BCUT2D eigenvalue weighted by atomic mass is 32.1. The number of nitrogens with two attached hydrogens (primary N) is 1. The van der Waals surface area contributed by atoms with Crippen LogP contribution in [0.4, 0.5) is 14.2 Å². The van der Waals surface area contributed by atoms with Gasteiger partial charge in [-0.05, 0) is 63.8 Å². The minimum atomic E-state index is -0.798. The summed E-state index contributed by atoms with van der Waals surface area (Å²) in [5.41, 5.74) is 6.50. The third-order valence-corrected chi connectivity index (χ3v) is 4.75. The molecule has 1 aromatic carbocycles. The molecule has 30 heavy (non-hydrogen) atoms. The fourth-order valence-electron chi connectivity index (χ4n) is 2.49. The molecule has 0 spiro atoms. The van der Waals surface area contributed by atoms with Gasteiger partial charge in [0, 0.05) is 17.6 Å². The number of aryl methyl sites for hydroxylation is 1. The van der Waals surface area contributed by atoms with Gasteiger partial charge in [0.15, 0.2) is 0 Å². The highest BCUT2D eigenvalue weighted by Crippen LogP contribution is 2.30. The highest BCUT2D eigenvalue weighted by Gasteiger charge is 2.22. The molecule has 8 nitrogen and oxygen atoms in total. The monoisotopic (exact) mass is 437 g/mol. The lowest BCUT2D eigenvalue weighted by molar-refractivity contribution is 0.0996. The first-order valence-electron chi connectivity index (χ1n) is 9.54. The molecule has 0 unspecified atom stereocenters. The van der Waals surface area contributed by atoms with Crippen LogP contribution in [0, 0.1) is 12.7 Å². The summed E-state index contributed by atoms with van der Waals surface area (Å²) >= 11 is 0.868. The minimum absolute atomic E-state index is 0.0131. The lowest BCUT2D eigenvalue weighted by Crippen LogP contribution is -2.38. The van der Waals surface area contributed by atoms with Crippen LogP contribution in [-0.2, 0) is 6.61 Å². The van der Waals surface area contributed by atoms with Crippen molar-refractivity contribution in [2.24, 2.45) is 5.73 Å². The van der Waals surface area contributed by atoms with Crippen molar-refractivity contribution in [3.63, 3.8) is 0 Å². The van der Waals surface area contributed by atoms with Crippen LogP contribution < -0.4 is 26.4 Å². The van der Waals surface area contributed by atoms with Crippen LogP contribution in [0.1, 0.15) is 48.7 Å². The van der Waals surface area contributed by atoms with E-state index in [9.17, 15) is 14.0 Å². The Balaban J connectivity index is 1.93. The maximum absolute atomic E-state index is 14.0. The van der Waals surface area contributed by atoms with Gasteiger partial charge < -0.3 is 21.1 Å². The standard InChI is InChI=1S/C20H28FN5O3S/c1-12-6-7-13(14(21)10-12)11-29-17-15(16(22)27)18(30-26-17)25-19(28)23-8-5-9-24-20(2,3)4/h6-7,10,24H,5,8-9,11H2,1-4H3,(H2,22,27)(H2,23,25,28). The number of carbonyl (C=O) groups is 2. The molecule has 1 heterocycles. The van der Waals surface area contributed by atoms with E-state index >= 15 is 0 Å². The van der Waals surface area contributed by atoms with Gasteiger partial charge in [-0.15, -0.1) is 0 Å². The molecule has 2 aromatic rings. The summed E-state index contributed by atoms with van der Waals surface area (Å²) in [5.74, 6) is -1.26. The zero-order valence-electron chi connectivity index (χ0n) is 17.6. The molecular formula is C20H28FN5O3S. The van der Waals surface area contributed by atoms with E-state index < -0.39 is 17.8 Å². The number of nitrogens with one attached hydrogen (secondary N) is 3. The van der Waals surface area contributed by atoms with Crippen LogP contribution in [0.5, 0.6) is 5.88 Å². The second-order valence-corrected chi connectivity index (χ2v) is 8.62. The fraction of sp³-hybridized carbons (Fsp3) is 0.450. The van der Waals surface area contributed by atoms with Crippen molar-refractivity contribution < 1.29 is 18.7 Å². The van der Waals surface area contributed by atoms with Gasteiger partial charge in [0.05, 0.1) is 0 Å². The first-order valence-corrected chi connectivity index (χ1v) is 10.3. The Hall–Kier alpha value is -2.72. The minimum Gasteiger partial charge on any atom is -0.471 e. The van der Waals surface area contributed by atoms with Crippen LogP contribution in [0.2, 0.25) is 0 Å². The summed E-state index contributed by atoms with van der Waals surface area (Å²) < 4.78 is 23.5. The molecular weight excluding hydrogens is 409 g/mol. The number of ether oxygens (including phenoxy) is 1. The Morgan fingerprint density at radius 3 is 2.63 bits per heavy atom. The van der Waals surface area contributed by atoms with Gasteiger partial charge in [-0.1, -0.05) is 12.1 Å². The Labute approximate surface area is 179 Å². The number of amides is 3. The maximum atomic E-state index is 14.0. The zero-order chi connectivity index (χ0) is 22.3. The van der Waals surface area contributed by atoms with Gasteiger partial charge in [-0.25, -0.2) is 9.18 Å². The topological polar surface area (TPSA) is 118 Å². The third-order valence-electron chi connectivity index (χ3n) is 4.00. The van der Waals surface area contributed by atoms with Crippen LogP contribution >= 0.6 is 11.5 Å². The molecule has 0 bridgehead atoms. The third kappa shape index (κ3) is 7.27. The summed E-state index contributed by atoms with van der Waals surface area (Å²) in [7, 11) is 0. The SMILES string of the molecule is Cc1ccc(COc2nsc(NC(=O)NCCCNC(C)(C)C)c2C(N)=O)c(F)c1. The smallest absolute Gasteiger partial charge is 0.319 e. The Bertz CT molecular complexity index is 895. The molecule has 0 aliphatic rings. The summed E-state index contributed by atoms with van der Waals surface area (Å²) in [5, 5.41) is 8.77. The number of hydrogen-bond donors (Lipinski definition) is 4. The van der Waals surface area contributed by atoms with Crippen LogP contribution in [0.25, 0.3) is 0 Å². The predicted molar refractivity (Wildman–Crippen MR) is 115 cm³/mol. The van der Waals surface area contributed by atoms with E-state index in [1.807, 2.05) is 0 Å². The molecule has 0 aliphatic carbocycles. The molecule has 0 fully saturated rings. The van der Waals surface area contributed by atoms with Gasteiger partial charge in [0.2, 0.25) is 5.88 Å². The number of benzene rings is 1. The van der Waals surface area contributed by atoms with E-state index in [-0.39, 0.29) is 28.6 Å². The van der Waals surface area contributed by atoms with E-state index in [4.69, 9.17) is 10.5 Å². The predicted octanol–water partition coefficient (Wildman–Crippen LogP) is 3.17. The largest absolute Gasteiger partial charge is 0.471 e. The van der Waals surface area contributed by atoms with Crippen molar-refractivity contribution in [3.05, 3.63) is 40.7 Å². The van der Waals surface area contributed by atoms with Crippen LogP contribution in [-0.4, -0.2) is 34.9 Å². The molecule has 2 rings (SSSR count). The summed E-state index contributed by atoms with van der Waals surface area (Å²) in [6.07, 6.45) is 0.743. The summed E-state index contributed by atoms with van der Waals surface area (Å²) in [4.78, 5) is 24.0. The number of rotatable bonds is 9. The first kappa shape index (κ1) is 23.6. The Kier molecular flexibility index (Phi) is 8.13. The lowest BCUT2D eigenvalue weighted by atomic mass is 10.1. The van der Waals surface area contributed by atoms with E-state index in [2.05, 4.69) is 41.1 Å². The second kappa shape index (κ2) is 10.4. The molecule has 0 radical (unpaired) electrons.